The zero-order valence-electron chi connectivity index (χ0n) is 31.4. The van der Waals surface area contributed by atoms with Gasteiger partial charge >= 0.3 is 0 Å². The summed E-state index contributed by atoms with van der Waals surface area (Å²) in [6.45, 7) is 21.2. The van der Waals surface area contributed by atoms with Crippen LogP contribution in [0.5, 0.6) is 0 Å². The minimum absolute atomic E-state index is 0.0498. The van der Waals surface area contributed by atoms with E-state index in [0.717, 1.165) is 0 Å². The Morgan fingerprint density at radius 1 is 0.549 bits per heavy atom. The van der Waals surface area contributed by atoms with Gasteiger partial charge in [0.15, 0.2) is 0 Å². The topological polar surface area (TPSA) is 3.24 Å². The smallest absolute Gasteiger partial charge is 0.0640 e. The summed E-state index contributed by atoms with van der Waals surface area (Å²) in [5.74, 6) is 0.459. The molecule has 0 amide bonds. The van der Waals surface area contributed by atoms with Gasteiger partial charge in [0.2, 0.25) is 0 Å². The maximum Gasteiger partial charge on any atom is 0.0640 e. The Kier molecular flexibility index (Phi) is 6.91. The van der Waals surface area contributed by atoms with Crippen molar-refractivity contribution in [3.05, 3.63) is 149 Å². The number of nitrogens with zero attached hydrogens (tertiary/aromatic N) is 1. The molecule has 0 N–H and O–H groups in total. The first-order chi connectivity index (χ1) is 24.3. The molecule has 51 heavy (non-hydrogen) atoms. The van der Waals surface area contributed by atoms with E-state index in [1.165, 1.54) is 92.9 Å². The van der Waals surface area contributed by atoms with Gasteiger partial charge in [-0.1, -0.05) is 147 Å². The highest BCUT2D eigenvalue weighted by Crippen LogP contribution is 2.55. The van der Waals surface area contributed by atoms with Gasteiger partial charge in [0, 0.05) is 37.7 Å². The second-order valence-corrected chi connectivity index (χ2v) is 18.2. The summed E-state index contributed by atoms with van der Waals surface area (Å²) in [6, 6.07) is 44.2. The van der Waals surface area contributed by atoms with Crippen molar-refractivity contribution < 1.29 is 0 Å². The fourth-order valence-corrected chi connectivity index (χ4v) is 10.7. The number of fused-ring (bicyclic) bond motifs is 9. The molecule has 0 spiro atoms. The van der Waals surface area contributed by atoms with Crippen molar-refractivity contribution in [3.8, 4) is 22.3 Å². The quantitative estimate of drug-likeness (QED) is 0.179. The SMILES string of the molecule is CC(C)c1cccc2c1sc1c(N(c3ccc4c(c3)C(C)(C)c3ccccc3-4)c3ccc4c(c3)C(C)(C)c3cccc(C(C)(C)C)c3-4)cccc12. The van der Waals surface area contributed by atoms with Crippen LogP contribution in [0.2, 0.25) is 0 Å². The maximum atomic E-state index is 2.55. The molecule has 0 bridgehead atoms. The van der Waals surface area contributed by atoms with Gasteiger partial charge in [0.25, 0.3) is 0 Å². The molecule has 0 saturated carbocycles. The minimum Gasteiger partial charge on any atom is -0.309 e. The zero-order chi connectivity index (χ0) is 35.6. The van der Waals surface area contributed by atoms with Gasteiger partial charge in [-0.05, 0) is 97.3 Å². The monoisotopic (exact) mass is 681 g/mol. The second-order valence-electron chi connectivity index (χ2n) is 17.2. The molecule has 0 saturated heterocycles. The molecule has 0 fully saturated rings. The molecule has 1 nitrogen and oxygen atoms in total. The van der Waals surface area contributed by atoms with Crippen LogP contribution in [0.15, 0.2) is 115 Å². The summed E-state index contributed by atoms with van der Waals surface area (Å²) in [6.07, 6.45) is 0. The summed E-state index contributed by atoms with van der Waals surface area (Å²) in [5, 5.41) is 2.69. The summed E-state index contributed by atoms with van der Waals surface area (Å²) in [4.78, 5) is 2.55. The Morgan fingerprint density at radius 3 is 1.82 bits per heavy atom. The summed E-state index contributed by atoms with van der Waals surface area (Å²) >= 11 is 1.95. The highest BCUT2D eigenvalue weighted by atomic mass is 32.1. The molecule has 2 heteroatoms. The Balaban J connectivity index is 1.31. The van der Waals surface area contributed by atoms with Gasteiger partial charge in [0.1, 0.15) is 0 Å². The molecule has 0 unspecified atom stereocenters. The lowest BCUT2D eigenvalue weighted by molar-refractivity contribution is 0.589. The molecular weight excluding hydrogens is 635 g/mol. The Labute approximate surface area is 307 Å². The van der Waals surface area contributed by atoms with Crippen LogP contribution >= 0.6 is 11.3 Å². The maximum absolute atomic E-state index is 2.55. The molecule has 0 aliphatic heterocycles. The molecule has 1 aromatic heterocycles. The molecule has 9 rings (SSSR count). The molecule has 7 aromatic rings. The van der Waals surface area contributed by atoms with Crippen LogP contribution in [0.1, 0.15) is 102 Å². The minimum atomic E-state index is -0.120. The Hall–Kier alpha value is -4.66. The average Bonchev–Trinajstić information content (AvgIpc) is 3.68. The molecule has 0 radical (unpaired) electrons. The highest BCUT2D eigenvalue weighted by molar-refractivity contribution is 7.26. The number of rotatable bonds is 4. The predicted octanol–water partition coefficient (Wildman–Crippen LogP) is 14.6. The van der Waals surface area contributed by atoms with Gasteiger partial charge in [-0.15, -0.1) is 11.3 Å². The fourth-order valence-electron chi connectivity index (χ4n) is 9.26. The third kappa shape index (κ3) is 4.58. The van der Waals surface area contributed by atoms with Crippen LogP contribution in [0, 0.1) is 0 Å². The van der Waals surface area contributed by atoms with E-state index in [-0.39, 0.29) is 16.2 Å². The van der Waals surface area contributed by atoms with Gasteiger partial charge in [-0.25, -0.2) is 0 Å². The van der Waals surface area contributed by atoms with Crippen molar-refractivity contribution in [2.75, 3.05) is 4.90 Å². The first kappa shape index (κ1) is 32.3. The highest BCUT2D eigenvalue weighted by Gasteiger charge is 2.40. The van der Waals surface area contributed by atoms with Crippen molar-refractivity contribution in [2.24, 2.45) is 0 Å². The zero-order valence-corrected chi connectivity index (χ0v) is 32.2. The third-order valence-electron chi connectivity index (χ3n) is 12.0. The normalized spacial score (nSPS) is 15.3. The largest absolute Gasteiger partial charge is 0.309 e. The first-order valence-corrected chi connectivity index (χ1v) is 19.4. The van der Waals surface area contributed by atoms with E-state index in [1.807, 2.05) is 11.3 Å². The molecule has 254 valence electrons. The number of benzene rings is 6. The van der Waals surface area contributed by atoms with Crippen molar-refractivity contribution in [3.63, 3.8) is 0 Å². The van der Waals surface area contributed by atoms with Gasteiger partial charge in [0.05, 0.1) is 10.4 Å². The number of hydrogen-bond acceptors (Lipinski definition) is 2. The average molecular weight is 682 g/mol. The lowest BCUT2D eigenvalue weighted by Gasteiger charge is -2.30. The number of hydrogen-bond donors (Lipinski definition) is 0. The lowest BCUT2D eigenvalue weighted by atomic mass is 9.79. The van der Waals surface area contributed by atoms with Crippen LogP contribution < -0.4 is 4.90 Å². The molecule has 6 aromatic carbocycles. The van der Waals surface area contributed by atoms with Crippen LogP contribution in [0.25, 0.3) is 42.4 Å². The van der Waals surface area contributed by atoms with Crippen molar-refractivity contribution in [1.29, 1.82) is 0 Å². The summed E-state index contributed by atoms with van der Waals surface area (Å²) in [5.41, 5.74) is 17.5. The van der Waals surface area contributed by atoms with E-state index in [4.69, 9.17) is 0 Å². The van der Waals surface area contributed by atoms with E-state index in [1.54, 1.807) is 0 Å². The van der Waals surface area contributed by atoms with Crippen LogP contribution in [-0.4, -0.2) is 0 Å². The Morgan fingerprint density at radius 2 is 1.12 bits per heavy atom. The standard InChI is InChI=1S/C49H47NS/c1-29(2)32-16-12-17-35-36-18-13-22-43(46(36)51-45(32)35)50(30-23-25-34-33-15-10-11-19-38(33)48(6,7)41(34)27-30)31-24-26-37-42(28-31)49(8,9)40-21-14-20-39(44(37)40)47(3,4)5/h10-29H,1-9H3. The molecular formula is C49H47NS. The van der Waals surface area contributed by atoms with Crippen LogP contribution in [0.4, 0.5) is 17.1 Å². The predicted molar refractivity (Wildman–Crippen MR) is 222 cm³/mol. The van der Waals surface area contributed by atoms with Crippen molar-refractivity contribution >= 4 is 48.6 Å². The van der Waals surface area contributed by atoms with E-state index in [2.05, 4.69) is 182 Å². The van der Waals surface area contributed by atoms with Gasteiger partial charge < -0.3 is 4.90 Å². The molecule has 2 aliphatic carbocycles. The van der Waals surface area contributed by atoms with E-state index in [0.29, 0.717) is 5.92 Å². The number of anilines is 3. The second kappa shape index (κ2) is 10.9. The third-order valence-corrected chi connectivity index (χ3v) is 13.3. The molecule has 1 heterocycles. The lowest BCUT2D eigenvalue weighted by Crippen LogP contribution is -2.18. The Bertz CT molecular complexity index is 2550. The van der Waals surface area contributed by atoms with Gasteiger partial charge in [-0.2, -0.15) is 0 Å². The van der Waals surface area contributed by atoms with Crippen molar-refractivity contribution in [2.45, 2.75) is 84.5 Å². The molecule has 2 aliphatic rings. The van der Waals surface area contributed by atoms with E-state index >= 15 is 0 Å². The fraction of sp³-hybridized carbons (Fsp3) is 0.265. The van der Waals surface area contributed by atoms with Crippen LogP contribution in [0.3, 0.4) is 0 Å². The van der Waals surface area contributed by atoms with Crippen molar-refractivity contribution in [1.82, 2.24) is 0 Å². The van der Waals surface area contributed by atoms with Crippen LogP contribution in [-0.2, 0) is 16.2 Å². The summed E-state index contributed by atoms with van der Waals surface area (Å²) < 4.78 is 2.74. The number of thiophene rings is 1. The van der Waals surface area contributed by atoms with E-state index in [9.17, 15) is 0 Å². The molecule has 0 atom stereocenters. The first-order valence-electron chi connectivity index (χ1n) is 18.6. The summed E-state index contributed by atoms with van der Waals surface area (Å²) in [7, 11) is 0. The van der Waals surface area contributed by atoms with Gasteiger partial charge in [-0.3, -0.25) is 0 Å². The van der Waals surface area contributed by atoms with E-state index < -0.39 is 0 Å².